The normalized spacial score (nSPS) is 17.7. The summed E-state index contributed by atoms with van der Waals surface area (Å²) in [5.74, 6) is 0.880. The molecule has 4 aromatic rings. The van der Waals surface area contributed by atoms with E-state index in [-0.39, 0.29) is 12.5 Å². The second-order valence-corrected chi connectivity index (χ2v) is 12.3. The quantitative estimate of drug-likeness (QED) is 0.154. The van der Waals surface area contributed by atoms with Crippen LogP contribution in [0, 0.1) is 6.92 Å². The topological polar surface area (TPSA) is 80.2 Å². The molecule has 0 spiro atoms. The van der Waals surface area contributed by atoms with Gasteiger partial charge in [-0.25, -0.2) is 4.99 Å². The Hall–Kier alpha value is -3.46. The van der Waals surface area contributed by atoms with E-state index >= 15 is 0 Å². The molecule has 1 aliphatic rings. The van der Waals surface area contributed by atoms with Gasteiger partial charge in [0.1, 0.15) is 5.75 Å². The summed E-state index contributed by atoms with van der Waals surface area (Å²) in [6.45, 7) is 3.03. The fourth-order valence-corrected chi connectivity index (χ4v) is 6.02. The number of hydrogen-bond donors (Lipinski definition) is 2. The smallest absolute Gasteiger partial charge is 0.252 e. The molecule has 0 saturated heterocycles. The molecule has 0 aliphatic carbocycles. The Morgan fingerprint density at radius 2 is 1.65 bits per heavy atom. The van der Waals surface area contributed by atoms with Crippen molar-refractivity contribution in [3.8, 4) is 5.75 Å². The predicted molar refractivity (Wildman–Crippen MR) is 177 cm³/mol. The summed E-state index contributed by atoms with van der Waals surface area (Å²) in [7, 11) is 0. The first-order valence-corrected chi connectivity index (χ1v) is 15.9. The number of ether oxygens (including phenoxy) is 2. The molecule has 1 amide bonds. The molecule has 0 radical (unpaired) electrons. The first-order chi connectivity index (χ1) is 20.9. The largest absolute Gasteiger partial charge is 0.494 e. The van der Waals surface area contributed by atoms with Crippen LogP contribution in [0.15, 0.2) is 111 Å². The summed E-state index contributed by atoms with van der Waals surface area (Å²) < 4.78 is 14.1. The molecule has 4 aromatic carbocycles. The van der Waals surface area contributed by atoms with Crippen LogP contribution in [0.25, 0.3) is 0 Å². The van der Waals surface area contributed by atoms with E-state index in [1.807, 2.05) is 72.8 Å². The van der Waals surface area contributed by atoms with E-state index in [1.165, 1.54) is 5.56 Å². The van der Waals surface area contributed by atoms with E-state index in [4.69, 9.17) is 19.6 Å². The summed E-state index contributed by atoms with van der Waals surface area (Å²) in [4.78, 5) is 19.6. The highest BCUT2D eigenvalue weighted by atomic mass is 79.9. The fourth-order valence-electron chi connectivity index (χ4n) is 5.11. The van der Waals surface area contributed by atoms with Crippen molar-refractivity contribution in [2.45, 2.75) is 37.8 Å². The molecule has 1 aliphatic heterocycles. The van der Waals surface area contributed by atoms with E-state index in [0.717, 1.165) is 31.2 Å². The van der Waals surface area contributed by atoms with Gasteiger partial charge in [-0.05, 0) is 60.9 Å². The number of hydrogen-bond acceptors (Lipinski definition) is 5. The number of nitrogens with zero attached hydrogens (tertiary/aromatic N) is 1. The number of aryl methyl sites for hydroxylation is 1. The van der Waals surface area contributed by atoms with Gasteiger partial charge in [0.15, 0.2) is 11.6 Å². The molecule has 43 heavy (non-hydrogen) atoms. The predicted octanol–water partition coefficient (Wildman–Crippen LogP) is 7.14. The minimum absolute atomic E-state index is 0.0753. The van der Waals surface area contributed by atoms with Crippen LogP contribution in [0.4, 0.5) is 0 Å². The molecule has 222 valence electrons. The zero-order valence-corrected chi connectivity index (χ0v) is 27.1. The second-order valence-electron chi connectivity index (χ2n) is 10.6. The molecule has 5 rings (SSSR count). The zero-order chi connectivity index (χ0) is 30.2. The van der Waals surface area contributed by atoms with Crippen molar-refractivity contribution < 1.29 is 19.4 Å². The molecular formula is C35H34Br2N2O4. The maximum absolute atomic E-state index is 14.4. The molecule has 0 unspecified atom stereocenters. The van der Waals surface area contributed by atoms with Gasteiger partial charge in [-0.3, -0.25) is 4.79 Å². The number of aliphatic hydroxyl groups excluding tert-OH is 1. The first-order valence-electron chi connectivity index (χ1n) is 14.3. The number of halogens is 2. The lowest BCUT2D eigenvalue weighted by Crippen LogP contribution is -2.50. The maximum atomic E-state index is 14.4. The maximum Gasteiger partial charge on any atom is 0.252 e. The Balaban J connectivity index is 1.53. The number of benzene rings is 4. The van der Waals surface area contributed by atoms with Gasteiger partial charge < -0.3 is 19.9 Å². The van der Waals surface area contributed by atoms with E-state index in [2.05, 4.69) is 68.4 Å². The number of carbonyl (C=O) groups excluding carboxylic acids is 1. The molecule has 2 atom stereocenters. The Morgan fingerprint density at radius 3 is 2.35 bits per heavy atom. The average Bonchev–Trinajstić information content (AvgIpc) is 3.40. The van der Waals surface area contributed by atoms with Crippen molar-refractivity contribution in [2.24, 2.45) is 4.99 Å². The Morgan fingerprint density at radius 1 is 0.953 bits per heavy atom. The zero-order valence-electron chi connectivity index (χ0n) is 23.9. The van der Waals surface area contributed by atoms with Gasteiger partial charge in [0.25, 0.3) is 5.91 Å². The summed E-state index contributed by atoms with van der Waals surface area (Å²) in [6.07, 6.45) is 0.890. The van der Waals surface area contributed by atoms with E-state index in [9.17, 15) is 4.79 Å². The number of carbonyl (C=O) groups is 1. The monoisotopic (exact) mass is 704 g/mol. The van der Waals surface area contributed by atoms with Crippen LogP contribution in [0.3, 0.4) is 0 Å². The van der Waals surface area contributed by atoms with Gasteiger partial charge in [-0.15, -0.1) is 0 Å². The van der Waals surface area contributed by atoms with Gasteiger partial charge >= 0.3 is 0 Å². The Kier molecular flexibility index (Phi) is 10.3. The third kappa shape index (κ3) is 7.37. The lowest BCUT2D eigenvalue weighted by Gasteiger charge is -2.31. The van der Waals surface area contributed by atoms with Crippen molar-refractivity contribution in [3.63, 3.8) is 0 Å². The lowest BCUT2D eigenvalue weighted by atomic mass is 9.82. The van der Waals surface area contributed by atoms with Crippen LogP contribution in [-0.4, -0.2) is 42.2 Å². The van der Waals surface area contributed by atoms with E-state index in [1.54, 1.807) is 0 Å². The van der Waals surface area contributed by atoms with Gasteiger partial charge in [-0.1, -0.05) is 98.1 Å². The van der Waals surface area contributed by atoms with Crippen molar-refractivity contribution in [1.29, 1.82) is 0 Å². The second kappa shape index (κ2) is 14.3. The van der Waals surface area contributed by atoms with Crippen LogP contribution in [0.1, 0.15) is 40.3 Å². The lowest BCUT2D eigenvalue weighted by molar-refractivity contribution is -0.128. The summed E-state index contributed by atoms with van der Waals surface area (Å²) in [5.41, 5.74) is 3.60. The molecule has 0 bridgehead atoms. The highest BCUT2D eigenvalue weighted by Gasteiger charge is 2.54. The number of aliphatic hydroxyl groups is 1. The summed E-state index contributed by atoms with van der Waals surface area (Å²) >= 11 is 7.40. The molecule has 1 heterocycles. The van der Waals surface area contributed by atoms with Gasteiger partial charge in [0, 0.05) is 46.1 Å². The third-order valence-corrected chi connectivity index (χ3v) is 8.95. The SMILES string of the molecule is Cc1ccc(CCNC(=O)[C@]2(Cc3ccccc3Br)N=C(c3ccc(OCCCO)cc3)O[C@@H]2c2ccccc2Br)cc1. The molecule has 0 fully saturated rings. The Bertz CT molecular complexity index is 1570. The van der Waals surface area contributed by atoms with Crippen LogP contribution in [0.2, 0.25) is 0 Å². The van der Waals surface area contributed by atoms with Crippen molar-refractivity contribution in [3.05, 3.63) is 134 Å². The summed E-state index contributed by atoms with van der Waals surface area (Å²) in [6, 6.07) is 31.5. The van der Waals surface area contributed by atoms with Gasteiger partial charge in [0.2, 0.25) is 5.90 Å². The molecule has 2 N–H and O–H groups in total. The van der Waals surface area contributed by atoms with Gasteiger partial charge in [0.05, 0.1) is 6.61 Å². The van der Waals surface area contributed by atoms with E-state index in [0.29, 0.717) is 44.1 Å². The minimum Gasteiger partial charge on any atom is -0.494 e. The van der Waals surface area contributed by atoms with Crippen LogP contribution in [0.5, 0.6) is 5.75 Å². The average molecular weight is 706 g/mol. The van der Waals surface area contributed by atoms with Crippen molar-refractivity contribution in [2.75, 3.05) is 19.8 Å². The fraction of sp³-hybridized carbons (Fsp3) is 0.257. The molecule has 0 aromatic heterocycles. The van der Waals surface area contributed by atoms with Crippen LogP contribution >= 0.6 is 31.9 Å². The van der Waals surface area contributed by atoms with Crippen molar-refractivity contribution >= 4 is 43.7 Å². The standard InChI is InChI=1S/C35H34Br2N2O4/c1-24-11-13-25(14-12-24)19-20-38-34(41)35(23-27-7-2-4-9-30(27)36)32(29-8-3-5-10-31(29)37)43-33(39-35)26-15-17-28(18-16-26)42-22-6-21-40/h2-5,7-18,32,40H,6,19-23H2,1H3,(H,38,41)/t32-,35-/m1/s1. The molecule has 6 nitrogen and oxygen atoms in total. The highest BCUT2D eigenvalue weighted by molar-refractivity contribution is 9.10. The third-order valence-electron chi connectivity index (χ3n) is 7.46. The minimum atomic E-state index is -1.29. The highest BCUT2D eigenvalue weighted by Crippen LogP contribution is 2.45. The number of amides is 1. The number of rotatable bonds is 12. The van der Waals surface area contributed by atoms with Crippen LogP contribution < -0.4 is 10.1 Å². The number of nitrogens with one attached hydrogen (secondary N) is 1. The van der Waals surface area contributed by atoms with Gasteiger partial charge in [-0.2, -0.15) is 0 Å². The molecule has 0 saturated carbocycles. The first kappa shape index (κ1) is 31.0. The summed E-state index contributed by atoms with van der Waals surface area (Å²) in [5, 5.41) is 12.3. The molecular weight excluding hydrogens is 672 g/mol. The van der Waals surface area contributed by atoms with E-state index < -0.39 is 11.6 Å². The van der Waals surface area contributed by atoms with Crippen LogP contribution in [-0.2, 0) is 22.4 Å². The van der Waals surface area contributed by atoms with Crippen molar-refractivity contribution in [1.82, 2.24) is 5.32 Å². The number of aliphatic imine (C=N–C) groups is 1. The molecule has 8 heteroatoms. The Labute approximate surface area is 269 Å².